The Balaban J connectivity index is 0.000000294. The van der Waals surface area contributed by atoms with E-state index in [0.29, 0.717) is 133 Å². The van der Waals surface area contributed by atoms with Gasteiger partial charge in [-0.2, -0.15) is 0 Å². The number of rotatable bonds is 24. The van der Waals surface area contributed by atoms with E-state index in [1.165, 1.54) is 54.6 Å². The van der Waals surface area contributed by atoms with E-state index in [0.717, 1.165) is 48.8 Å². The van der Waals surface area contributed by atoms with Gasteiger partial charge in [0.25, 0.3) is 0 Å². The highest BCUT2D eigenvalue weighted by Gasteiger charge is 2.13. The van der Waals surface area contributed by atoms with Crippen molar-refractivity contribution in [3.63, 3.8) is 0 Å². The number of hydrogen-bond acceptors (Lipinski definition) is 21. The van der Waals surface area contributed by atoms with Crippen LogP contribution in [0.2, 0.25) is 0 Å². The summed E-state index contributed by atoms with van der Waals surface area (Å²) in [4.78, 5) is 84.0. The van der Waals surface area contributed by atoms with Crippen LogP contribution in [-0.4, -0.2) is 121 Å². The number of aldehydes is 7. The zero-order valence-corrected chi connectivity index (χ0v) is 55.0. The smallest absolute Gasteiger partial charge is 0.308 e. The third kappa shape index (κ3) is 27.7. The number of carbonyl (C=O) groups is 8. The molecule has 21 nitrogen and oxygen atoms in total. The molecule has 0 atom stereocenters. The molecule has 0 heterocycles. The molecule has 0 radical (unpaired) electrons. The average Bonchev–Trinajstić information content (AvgIpc) is 1.34. The van der Waals surface area contributed by atoms with E-state index >= 15 is 0 Å². The Morgan fingerprint density at radius 1 is 0.271 bits per heavy atom. The fourth-order valence-corrected chi connectivity index (χ4v) is 7.74. The molecule has 9 aromatic rings. The molecule has 0 aliphatic rings. The summed E-state index contributed by atoms with van der Waals surface area (Å²) in [7, 11) is 15.3. The summed E-state index contributed by atoms with van der Waals surface area (Å²) in [6, 6.07) is 56.8. The van der Waals surface area contributed by atoms with Crippen molar-refractivity contribution in [2.75, 3.05) is 71.1 Å². The lowest BCUT2D eigenvalue weighted by molar-refractivity contribution is -0.132. The molecule has 0 saturated heterocycles. The van der Waals surface area contributed by atoms with E-state index in [1.807, 2.05) is 72.8 Å². The number of carbonyl (C=O) groups excluding carboxylic acids is 8. The SMILES string of the molecule is COc1cc(C=O)cc(OC)c1.COc1cc(C=O)cc(OC)c1OC.COc1cc(C=O)ccc1OC(C)=O.COc1cc(C=O)ccc1OCc1ccccc1.COc1ccc(C=O)cc1OC.COc1cccc(C=O)c1.O=Cc1cccc(OCc2ccccc2)c1. The van der Waals surface area contributed by atoms with Crippen LogP contribution in [0.25, 0.3) is 0 Å². The van der Waals surface area contributed by atoms with Crippen molar-refractivity contribution in [1.29, 1.82) is 0 Å². The highest BCUT2D eigenvalue weighted by atomic mass is 16.6. The Morgan fingerprint density at radius 3 is 1.00 bits per heavy atom. The van der Waals surface area contributed by atoms with Crippen molar-refractivity contribution in [1.82, 2.24) is 0 Å². The number of ether oxygens (including phenoxy) is 13. The lowest BCUT2D eigenvalue weighted by atomic mass is 10.2. The van der Waals surface area contributed by atoms with Gasteiger partial charge in [0.15, 0.2) is 46.0 Å². The van der Waals surface area contributed by atoms with Crippen LogP contribution in [0.5, 0.6) is 74.7 Å². The van der Waals surface area contributed by atoms with Gasteiger partial charge in [0.1, 0.15) is 80.2 Å². The quantitative estimate of drug-likeness (QED) is 0.0309. The van der Waals surface area contributed by atoms with Crippen molar-refractivity contribution in [2.45, 2.75) is 20.1 Å². The second-order valence-corrected chi connectivity index (χ2v) is 18.9. The third-order valence-corrected chi connectivity index (χ3v) is 12.5. The van der Waals surface area contributed by atoms with Crippen LogP contribution >= 0.6 is 0 Å². The number of esters is 1. The van der Waals surface area contributed by atoms with Gasteiger partial charge in [-0.3, -0.25) is 38.4 Å². The van der Waals surface area contributed by atoms with Crippen LogP contribution in [0, 0.1) is 0 Å². The van der Waals surface area contributed by atoms with Crippen molar-refractivity contribution in [3.8, 4) is 74.7 Å². The first-order valence-electron chi connectivity index (χ1n) is 28.7. The van der Waals surface area contributed by atoms with E-state index < -0.39 is 5.97 Å². The van der Waals surface area contributed by atoms with Gasteiger partial charge < -0.3 is 61.6 Å². The van der Waals surface area contributed by atoms with Crippen LogP contribution in [-0.2, 0) is 18.0 Å². The number of hydrogen-bond donors (Lipinski definition) is 0. The van der Waals surface area contributed by atoms with Crippen molar-refractivity contribution < 1.29 is 99.9 Å². The monoisotopic (exact) mass is 1310 g/mol. The first kappa shape index (κ1) is 78.0. The molecule has 9 aromatic carbocycles. The molecule has 0 aromatic heterocycles. The molecule has 0 aliphatic carbocycles. The molecule has 21 heteroatoms. The summed E-state index contributed by atoms with van der Waals surface area (Å²) in [6.45, 7) is 2.29. The fraction of sp³-hybridized carbons (Fsp3) is 0.173. The Morgan fingerprint density at radius 2 is 0.604 bits per heavy atom. The Hall–Kier alpha value is -12.3. The summed E-state index contributed by atoms with van der Waals surface area (Å²) in [5.74, 6) is 6.76. The zero-order valence-electron chi connectivity index (χ0n) is 55.0. The lowest BCUT2D eigenvalue weighted by Gasteiger charge is -2.11. The normalized spacial score (nSPS) is 9.41. The van der Waals surface area contributed by atoms with E-state index in [1.54, 1.807) is 145 Å². The molecule has 0 N–H and O–H groups in total. The van der Waals surface area contributed by atoms with Gasteiger partial charge in [0.2, 0.25) is 5.75 Å². The average molecular weight is 1310 g/mol. The fourth-order valence-electron chi connectivity index (χ4n) is 7.74. The molecule has 502 valence electrons. The predicted molar refractivity (Wildman–Crippen MR) is 361 cm³/mol. The topological polar surface area (TPSA) is 257 Å². The minimum atomic E-state index is -0.429. The molecule has 96 heavy (non-hydrogen) atoms. The highest BCUT2D eigenvalue weighted by Crippen LogP contribution is 2.38. The molecule has 0 fully saturated rings. The molecule has 0 spiro atoms. The largest absolute Gasteiger partial charge is 0.497 e. The van der Waals surface area contributed by atoms with E-state index in [-0.39, 0.29) is 0 Å². The molecule has 0 aliphatic heterocycles. The molecular formula is C75H76O21. The van der Waals surface area contributed by atoms with E-state index in [9.17, 15) is 38.4 Å². The Kier molecular flexibility index (Phi) is 36.6. The van der Waals surface area contributed by atoms with Crippen LogP contribution in [0.15, 0.2) is 194 Å². The molecular weight excluding hydrogens is 1240 g/mol. The van der Waals surface area contributed by atoms with Crippen LogP contribution in [0.3, 0.4) is 0 Å². The van der Waals surface area contributed by atoms with Gasteiger partial charge in [-0.15, -0.1) is 0 Å². The molecule has 0 unspecified atom stereocenters. The van der Waals surface area contributed by atoms with Gasteiger partial charge >= 0.3 is 5.97 Å². The maximum Gasteiger partial charge on any atom is 0.308 e. The minimum Gasteiger partial charge on any atom is -0.497 e. The molecule has 0 bridgehead atoms. The second kappa shape index (κ2) is 45.1. The first-order chi connectivity index (χ1) is 46.6. The summed E-state index contributed by atoms with van der Waals surface area (Å²) >= 11 is 0. The maximum atomic E-state index is 10.7. The van der Waals surface area contributed by atoms with Crippen LogP contribution < -0.4 is 61.6 Å². The summed E-state index contributed by atoms with van der Waals surface area (Å²) < 4.78 is 66.3. The van der Waals surface area contributed by atoms with Crippen molar-refractivity contribution in [3.05, 3.63) is 244 Å². The highest BCUT2D eigenvalue weighted by molar-refractivity contribution is 5.80. The summed E-state index contributed by atoms with van der Waals surface area (Å²) in [5, 5.41) is 0. The summed E-state index contributed by atoms with van der Waals surface area (Å²) in [5.41, 5.74) is 6.11. The minimum absolute atomic E-state index is 0.311. The predicted octanol–water partition coefficient (Wildman–Crippen LogP) is 13.7. The number of methoxy groups -OCH3 is 10. The van der Waals surface area contributed by atoms with E-state index in [4.69, 9.17) is 61.6 Å². The van der Waals surface area contributed by atoms with Crippen molar-refractivity contribution >= 4 is 50.0 Å². The maximum absolute atomic E-state index is 10.7. The van der Waals surface area contributed by atoms with Crippen LogP contribution in [0.1, 0.15) is 90.6 Å². The number of benzene rings is 9. The van der Waals surface area contributed by atoms with Crippen LogP contribution in [0.4, 0.5) is 0 Å². The summed E-state index contributed by atoms with van der Waals surface area (Å²) in [6.07, 6.45) is 5.33. The van der Waals surface area contributed by atoms with E-state index in [2.05, 4.69) is 0 Å². The molecule has 9 rings (SSSR count). The van der Waals surface area contributed by atoms with Gasteiger partial charge in [0.05, 0.1) is 71.1 Å². The van der Waals surface area contributed by atoms with Gasteiger partial charge in [-0.05, 0) is 114 Å². The lowest BCUT2D eigenvalue weighted by Crippen LogP contribution is -2.03. The zero-order chi connectivity index (χ0) is 70.5. The Labute approximate surface area is 557 Å². The molecule has 0 amide bonds. The van der Waals surface area contributed by atoms with Crippen molar-refractivity contribution in [2.24, 2.45) is 0 Å². The first-order valence-corrected chi connectivity index (χ1v) is 28.7. The van der Waals surface area contributed by atoms with Gasteiger partial charge in [0, 0.05) is 51.9 Å². The third-order valence-electron chi connectivity index (χ3n) is 12.5. The Bertz CT molecular complexity index is 3800. The molecule has 0 saturated carbocycles. The second-order valence-electron chi connectivity index (χ2n) is 18.9. The van der Waals surface area contributed by atoms with Gasteiger partial charge in [-0.1, -0.05) is 84.9 Å². The standard InChI is InChI=1S/C15H14O3.C14H12O2.C10H12O4.C10H10O4.2C9H10O3.C8H8O2/c1-17-15-9-13(10-16)7-8-14(15)18-11-12-5-3-2-4-6-12;15-10-13-7-4-8-14(9-13)16-11-12-5-2-1-3-6-12;1-12-8-4-7(6-11)5-9(13-2)10(8)14-3;1-7(12)14-9-4-3-8(6-11)5-10(9)13-2;1-11-8-3-7(6-10)4-9(5-8)12-2;1-11-8-4-3-7(6-10)5-9(8)12-2;1-10-8-4-2-3-7(5-8)6-9/h2-10H,11H2,1H3;1-10H,11H2;4-6H,1-3H3;3-6H,1-2H3;2*3-6H,1-2H3;2-6H,1H3. The van der Waals surface area contributed by atoms with Gasteiger partial charge in [-0.25, -0.2) is 0 Å².